The second-order valence-electron chi connectivity index (χ2n) is 4.76. The number of fused-ring (bicyclic) bond motifs is 1. The largest absolute Gasteiger partial charge is 0.405 e. The van der Waals surface area contributed by atoms with Gasteiger partial charge < -0.3 is 16.0 Å². The third kappa shape index (κ3) is 3.55. The number of halogens is 3. The SMILES string of the molecule is Nc1cccc2c1CCCN2CC(=O)NCC(F)(F)F. The lowest BCUT2D eigenvalue weighted by molar-refractivity contribution is -0.137. The molecule has 2 rings (SSSR count). The van der Waals surface area contributed by atoms with Gasteiger partial charge in [-0.25, -0.2) is 0 Å². The summed E-state index contributed by atoms with van der Waals surface area (Å²) in [6.07, 6.45) is -2.74. The fourth-order valence-corrected chi connectivity index (χ4v) is 2.32. The molecule has 3 N–H and O–H groups in total. The number of carbonyl (C=O) groups excluding carboxylic acids is 1. The zero-order valence-corrected chi connectivity index (χ0v) is 10.8. The first-order valence-corrected chi connectivity index (χ1v) is 6.32. The minimum Gasteiger partial charge on any atom is -0.398 e. The van der Waals surface area contributed by atoms with Crippen LogP contribution in [0, 0.1) is 0 Å². The highest BCUT2D eigenvalue weighted by atomic mass is 19.4. The number of nitrogen functional groups attached to an aromatic ring is 1. The van der Waals surface area contributed by atoms with Gasteiger partial charge in [0.2, 0.25) is 5.91 Å². The quantitative estimate of drug-likeness (QED) is 0.832. The summed E-state index contributed by atoms with van der Waals surface area (Å²) in [6.45, 7) is -0.758. The van der Waals surface area contributed by atoms with E-state index in [9.17, 15) is 18.0 Å². The van der Waals surface area contributed by atoms with E-state index in [0.717, 1.165) is 24.1 Å². The Morgan fingerprint density at radius 1 is 1.40 bits per heavy atom. The van der Waals surface area contributed by atoms with Crippen molar-refractivity contribution < 1.29 is 18.0 Å². The molecule has 7 heteroatoms. The average Bonchev–Trinajstić information content (AvgIpc) is 2.37. The molecule has 20 heavy (non-hydrogen) atoms. The van der Waals surface area contributed by atoms with Gasteiger partial charge in [-0.3, -0.25) is 4.79 Å². The van der Waals surface area contributed by atoms with Crippen LogP contribution < -0.4 is 16.0 Å². The first kappa shape index (κ1) is 14.5. The maximum absolute atomic E-state index is 12.0. The van der Waals surface area contributed by atoms with Crippen molar-refractivity contribution in [2.45, 2.75) is 19.0 Å². The van der Waals surface area contributed by atoms with Crippen molar-refractivity contribution >= 4 is 17.3 Å². The molecule has 0 bridgehead atoms. The van der Waals surface area contributed by atoms with E-state index in [-0.39, 0.29) is 6.54 Å². The van der Waals surface area contributed by atoms with Gasteiger partial charge in [-0.05, 0) is 30.5 Å². The molecule has 0 fully saturated rings. The lowest BCUT2D eigenvalue weighted by atomic mass is 10.00. The van der Waals surface area contributed by atoms with Crippen LogP contribution >= 0.6 is 0 Å². The molecule has 0 spiro atoms. The number of alkyl halides is 3. The molecule has 1 amide bonds. The van der Waals surface area contributed by atoms with Gasteiger partial charge in [0.05, 0.1) is 6.54 Å². The molecule has 0 saturated carbocycles. The second kappa shape index (κ2) is 5.60. The third-order valence-corrected chi connectivity index (χ3v) is 3.20. The van der Waals surface area contributed by atoms with Crippen LogP contribution in [-0.4, -0.2) is 31.7 Å². The molecule has 4 nitrogen and oxygen atoms in total. The van der Waals surface area contributed by atoms with Gasteiger partial charge in [0.25, 0.3) is 0 Å². The van der Waals surface area contributed by atoms with Crippen molar-refractivity contribution in [2.24, 2.45) is 0 Å². The van der Waals surface area contributed by atoms with Crippen molar-refractivity contribution in [2.75, 3.05) is 30.3 Å². The van der Waals surface area contributed by atoms with Crippen LogP contribution in [0.25, 0.3) is 0 Å². The number of hydrogen-bond acceptors (Lipinski definition) is 3. The molecule has 1 aromatic rings. The van der Waals surface area contributed by atoms with Crippen molar-refractivity contribution in [3.8, 4) is 0 Å². The van der Waals surface area contributed by atoms with Crippen LogP contribution in [0.2, 0.25) is 0 Å². The Kier molecular flexibility index (Phi) is 4.06. The van der Waals surface area contributed by atoms with Crippen molar-refractivity contribution in [1.82, 2.24) is 5.32 Å². The number of rotatable bonds is 3. The predicted octanol–water partition coefficient (Wildman–Crippen LogP) is 1.70. The molecule has 0 atom stereocenters. The molecule has 110 valence electrons. The zero-order chi connectivity index (χ0) is 14.8. The number of nitrogens with zero attached hydrogens (tertiary/aromatic N) is 1. The average molecular weight is 287 g/mol. The van der Waals surface area contributed by atoms with Gasteiger partial charge in [-0.1, -0.05) is 6.07 Å². The monoisotopic (exact) mass is 287 g/mol. The standard InChI is InChI=1S/C13H16F3N3O/c14-13(15,16)8-18-12(20)7-19-6-2-3-9-10(17)4-1-5-11(9)19/h1,4-5H,2-3,6-8,17H2,(H,18,20). The van der Waals surface area contributed by atoms with Crippen LogP contribution in [0.15, 0.2) is 18.2 Å². The van der Waals surface area contributed by atoms with E-state index < -0.39 is 18.6 Å². The topological polar surface area (TPSA) is 58.4 Å². The van der Waals surface area contributed by atoms with E-state index in [1.807, 2.05) is 11.4 Å². The van der Waals surface area contributed by atoms with Crippen LogP contribution in [-0.2, 0) is 11.2 Å². The van der Waals surface area contributed by atoms with Gasteiger partial charge in [0.1, 0.15) is 6.54 Å². The van der Waals surface area contributed by atoms with Gasteiger partial charge in [-0.15, -0.1) is 0 Å². The van der Waals surface area contributed by atoms with Crippen molar-refractivity contribution in [3.63, 3.8) is 0 Å². The van der Waals surface area contributed by atoms with Crippen molar-refractivity contribution in [1.29, 1.82) is 0 Å². The Bertz CT molecular complexity index is 502. The Hall–Kier alpha value is -1.92. The Labute approximate surface area is 114 Å². The maximum atomic E-state index is 12.0. The zero-order valence-electron chi connectivity index (χ0n) is 10.8. The fraction of sp³-hybridized carbons (Fsp3) is 0.462. The van der Waals surface area contributed by atoms with Crippen LogP contribution in [0.3, 0.4) is 0 Å². The minimum atomic E-state index is -4.39. The molecule has 0 aliphatic carbocycles. The summed E-state index contributed by atoms with van der Waals surface area (Å²) in [6, 6.07) is 5.40. The van der Waals surface area contributed by atoms with Gasteiger partial charge >= 0.3 is 6.18 Å². The highest BCUT2D eigenvalue weighted by Gasteiger charge is 2.28. The number of amides is 1. The minimum absolute atomic E-state index is 0.0907. The van der Waals surface area contributed by atoms with Gasteiger partial charge in [0.15, 0.2) is 0 Å². The van der Waals surface area contributed by atoms with Crippen LogP contribution in [0.5, 0.6) is 0 Å². The predicted molar refractivity (Wildman–Crippen MR) is 70.5 cm³/mol. The summed E-state index contributed by atoms with van der Waals surface area (Å²) < 4.78 is 36.1. The van der Waals surface area contributed by atoms with Crippen molar-refractivity contribution in [3.05, 3.63) is 23.8 Å². The lowest BCUT2D eigenvalue weighted by Gasteiger charge is -2.31. The number of anilines is 2. The summed E-state index contributed by atoms with van der Waals surface area (Å²) in [5.74, 6) is -0.641. The maximum Gasteiger partial charge on any atom is 0.405 e. The van der Waals surface area contributed by atoms with E-state index in [2.05, 4.69) is 0 Å². The smallest absolute Gasteiger partial charge is 0.398 e. The molecule has 0 unspecified atom stereocenters. The molecule has 0 saturated heterocycles. The molecule has 1 aliphatic heterocycles. The number of benzene rings is 1. The molecule has 0 aromatic heterocycles. The Morgan fingerprint density at radius 2 is 2.15 bits per heavy atom. The second-order valence-corrected chi connectivity index (χ2v) is 4.76. The number of carbonyl (C=O) groups is 1. The molecule has 0 radical (unpaired) electrons. The number of nitrogens with two attached hydrogens (primary N) is 1. The normalized spacial score (nSPS) is 14.8. The van der Waals surface area contributed by atoms with E-state index in [1.54, 1.807) is 17.0 Å². The highest BCUT2D eigenvalue weighted by Crippen LogP contribution is 2.30. The Balaban J connectivity index is 2.02. The van der Waals surface area contributed by atoms with Gasteiger partial charge in [0, 0.05) is 17.9 Å². The number of nitrogens with one attached hydrogen (secondary N) is 1. The molecular formula is C13H16F3N3O. The number of hydrogen-bond donors (Lipinski definition) is 2. The summed E-state index contributed by atoms with van der Waals surface area (Å²) in [7, 11) is 0. The van der Waals surface area contributed by atoms with E-state index in [1.165, 1.54) is 0 Å². The molecule has 1 aliphatic rings. The van der Waals surface area contributed by atoms with E-state index in [0.29, 0.717) is 12.2 Å². The fourth-order valence-electron chi connectivity index (χ4n) is 2.32. The summed E-state index contributed by atoms with van der Waals surface area (Å²) >= 11 is 0. The summed E-state index contributed by atoms with van der Waals surface area (Å²) in [4.78, 5) is 13.3. The Morgan fingerprint density at radius 3 is 2.85 bits per heavy atom. The van der Waals surface area contributed by atoms with Crippen LogP contribution in [0.1, 0.15) is 12.0 Å². The molecular weight excluding hydrogens is 271 g/mol. The highest BCUT2D eigenvalue weighted by molar-refractivity contribution is 5.82. The molecule has 1 heterocycles. The molecule has 1 aromatic carbocycles. The summed E-state index contributed by atoms with van der Waals surface area (Å²) in [5.41, 5.74) is 8.32. The third-order valence-electron chi connectivity index (χ3n) is 3.20. The van der Waals surface area contributed by atoms with Crippen LogP contribution in [0.4, 0.5) is 24.5 Å². The van der Waals surface area contributed by atoms with E-state index >= 15 is 0 Å². The van der Waals surface area contributed by atoms with E-state index in [4.69, 9.17) is 5.73 Å². The first-order chi connectivity index (χ1) is 9.37. The van der Waals surface area contributed by atoms with Gasteiger partial charge in [-0.2, -0.15) is 13.2 Å². The lowest BCUT2D eigenvalue weighted by Crippen LogP contribution is -2.42. The first-order valence-electron chi connectivity index (χ1n) is 6.32. The summed E-state index contributed by atoms with van der Waals surface area (Å²) in [5, 5.41) is 1.88.